The predicted octanol–water partition coefficient (Wildman–Crippen LogP) is 2.06. The number of anilines is 1. The van der Waals surface area contributed by atoms with Crippen LogP contribution in [0.15, 0.2) is 6.07 Å². The SMILES string of the molecule is CC(=O)Nc1sc(Cl)cc1C(=O)O. The van der Waals surface area contributed by atoms with Crippen molar-refractivity contribution in [2.75, 3.05) is 5.32 Å². The monoisotopic (exact) mass is 219 g/mol. The van der Waals surface area contributed by atoms with E-state index in [2.05, 4.69) is 5.32 Å². The van der Waals surface area contributed by atoms with Crippen LogP contribution >= 0.6 is 22.9 Å². The Labute approximate surface area is 83.1 Å². The fraction of sp³-hybridized carbons (Fsp3) is 0.143. The van der Waals surface area contributed by atoms with E-state index in [9.17, 15) is 9.59 Å². The molecule has 0 saturated heterocycles. The highest BCUT2D eigenvalue weighted by Gasteiger charge is 2.14. The summed E-state index contributed by atoms with van der Waals surface area (Å²) in [5.41, 5.74) is 0.0187. The summed E-state index contributed by atoms with van der Waals surface area (Å²) in [6.45, 7) is 1.30. The molecular weight excluding hydrogens is 214 g/mol. The van der Waals surface area contributed by atoms with Crippen LogP contribution in [0, 0.1) is 0 Å². The molecule has 1 aromatic rings. The van der Waals surface area contributed by atoms with Gasteiger partial charge >= 0.3 is 5.97 Å². The van der Waals surface area contributed by atoms with Gasteiger partial charge in [0, 0.05) is 6.92 Å². The summed E-state index contributed by atoms with van der Waals surface area (Å²) in [5, 5.41) is 11.3. The Balaban J connectivity index is 3.04. The maximum atomic E-state index is 10.7. The van der Waals surface area contributed by atoms with Crippen LogP contribution < -0.4 is 5.32 Å². The number of hydrogen-bond acceptors (Lipinski definition) is 3. The molecule has 0 saturated carbocycles. The molecule has 6 heteroatoms. The third-order valence-electron chi connectivity index (χ3n) is 1.22. The molecular formula is C7H6ClNO3S. The van der Waals surface area contributed by atoms with Crippen LogP contribution in [0.4, 0.5) is 5.00 Å². The lowest BCUT2D eigenvalue weighted by molar-refractivity contribution is -0.114. The van der Waals surface area contributed by atoms with Gasteiger partial charge in [-0.2, -0.15) is 0 Å². The summed E-state index contributed by atoms with van der Waals surface area (Å²) in [7, 11) is 0. The first-order valence-corrected chi connectivity index (χ1v) is 4.50. The van der Waals surface area contributed by atoms with Crippen molar-refractivity contribution in [3.8, 4) is 0 Å². The van der Waals surface area contributed by atoms with Crippen molar-refractivity contribution in [3.05, 3.63) is 16.0 Å². The average molecular weight is 220 g/mol. The molecule has 2 N–H and O–H groups in total. The number of halogens is 1. The molecule has 0 atom stereocenters. The first kappa shape index (κ1) is 10.0. The van der Waals surface area contributed by atoms with Gasteiger partial charge < -0.3 is 10.4 Å². The number of carboxylic acid groups (broad SMARTS) is 1. The van der Waals surface area contributed by atoms with E-state index < -0.39 is 5.97 Å². The number of rotatable bonds is 2. The third kappa shape index (κ3) is 2.43. The van der Waals surface area contributed by atoms with Crippen molar-refractivity contribution < 1.29 is 14.7 Å². The van der Waals surface area contributed by atoms with E-state index in [-0.39, 0.29) is 16.5 Å². The highest BCUT2D eigenvalue weighted by molar-refractivity contribution is 7.20. The summed E-state index contributed by atoms with van der Waals surface area (Å²) in [6.07, 6.45) is 0. The maximum Gasteiger partial charge on any atom is 0.338 e. The van der Waals surface area contributed by atoms with Gasteiger partial charge in [-0.15, -0.1) is 11.3 Å². The second kappa shape index (κ2) is 3.76. The van der Waals surface area contributed by atoms with Crippen LogP contribution in [-0.2, 0) is 4.79 Å². The Morgan fingerprint density at radius 1 is 1.62 bits per heavy atom. The van der Waals surface area contributed by atoms with E-state index in [0.29, 0.717) is 4.34 Å². The van der Waals surface area contributed by atoms with Gasteiger partial charge in [-0.25, -0.2) is 4.79 Å². The van der Waals surface area contributed by atoms with Crippen molar-refractivity contribution in [3.63, 3.8) is 0 Å². The van der Waals surface area contributed by atoms with Crippen LogP contribution in [-0.4, -0.2) is 17.0 Å². The van der Waals surface area contributed by atoms with Crippen molar-refractivity contribution in [2.45, 2.75) is 6.92 Å². The predicted molar refractivity (Wildman–Crippen MR) is 50.6 cm³/mol. The molecule has 0 spiro atoms. The molecule has 0 aromatic carbocycles. The average Bonchev–Trinajstić information content (AvgIpc) is 2.29. The lowest BCUT2D eigenvalue weighted by Crippen LogP contribution is -2.07. The maximum absolute atomic E-state index is 10.7. The molecule has 0 aliphatic rings. The zero-order valence-corrected chi connectivity index (χ0v) is 8.20. The Morgan fingerprint density at radius 3 is 2.69 bits per heavy atom. The van der Waals surface area contributed by atoms with Crippen molar-refractivity contribution >= 4 is 39.8 Å². The Hall–Kier alpha value is -1.07. The third-order valence-corrected chi connectivity index (χ3v) is 2.40. The van der Waals surface area contributed by atoms with E-state index in [1.54, 1.807) is 0 Å². The normalized spacial score (nSPS) is 9.69. The molecule has 0 unspecified atom stereocenters. The fourth-order valence-corrected chi connectivity index (χ4v) is 1.94. The molecule has 0 aliphatic heterocycles. The van der Waals surface area contributed by atoms with Gasteiger partial charge in [0.15, 0.2) is 0 Å². The first-order chi connectivity index (χ1) is 6.00. The number of amides is 1. The van der Waals surface area contributed by atoms with Crippen molar-refractivity contribution in [1.29, 1.82) is 0 Å². The van der Waals surface area contributed by atoms with Crippen LogP contribution in [0.1, 0.15) is 17.3 Å². The van der Waals surface area contributed by atoms with Crippen LogP contribution in [0.5, 0.6) is 0 Å². The van der Waals surface area contributed by atoms with Gasteiger partial charge in [0.05, 0.1) is 9.90 Å². The summed E-state index contributed by atoms with van der Waals surface area (Å²) in [5.74, 6) is -1.42. The van der Waals surface area contributed by atoms with Crippen LogP contribution in [0.25, 0.3) is 0 Å². The van der Waals surface area contributed by atoms with Gasteiger partial charge in [-0.3, -0.25) is 4.79 Å². The molecule has 70 valence electrons. The van der Waals surface area contributed by atoms with E-state index >= 15 is 0 Å². The molecule has 1 amide bonds. The van der Waals surface area contributed by atoms with Crippen molar-refractivity contribution in [2.24, 2.45) is 0 Å². The number of carbonyl (C=O) groups is 2. The van der Waals surface area contributed by atoms with Crippen LogP contribution in [0.3, 0.4) is 0 Å². The summed E-state index contributed by atoms with van der Waals surface area (Å²) in [4.78, 5) is 21.3. The van der Waals surface area contributed by atoms with E-state index in [0.717, 1.165) is 11.3 Å². The number of thiophene rings is 1. The van der Waals surface area contributed by atoms with Gasteiger partial charge in [-0.1, -0.05) is 11.6 Å². The van der Waals surface area contributed by atoms with Gasteiger partial charge in [0.2, 0.25) is 5.91 Å². The number of nitrogens with one attached hydrogen (secondary N) is 1. The summed E-state index contributed by atoms with van der Waals surface area (Å²) in [6, 6.07) is 1.31. The highest BCUT2D eigenvalue weighted by Crippen LogP contribution is 2.31. The standard InChI is InChI=1S/C7H6ClNO3S/c1-3(10)9-6-4(7(11)12)2-5(8)13-6/h2H,1H3,(H,9,10)(H,11,12). The summed E-state index contributed by atoms with van der Waals surface area (Å²) < 4.78 is 0.334. The summed E-state index contributed by atoms with van der Waals surface area (Å²) >= 11 is 6.62. The zero-order valence-electron chi connectivity index (χ0n) is 6.63. The lowest BCUT2D eigenvalue weighted by atomic mass is 10.3. The number of carboxylic acids is 1. The second-order valence-corrected chi connectivity index (χ2v) is 3.96. The smallest absolute Gasteiger partial charge is 0.338 e. The van der Waals surface area contributed by atoms with Gasteiger partial charge in [0.25, 0.3) is 0 Å². The topological polar surface area (TPSA) is 66.4 Å². The molecule has 1 heterocycles. The van der Waals surface area contributed by atoms with E-state index in [4.69, 9.17) is 16.7 Å². The number of carbonyl (C=O) groups excluding carboxylic acids is 1. The van der Waals surface area contributed by atoms with Gasteiger partial charge in [-0.05, 0) is 6.07 Å². The lowest BCUT2D eigenvalue weighted by Gasteiger charge is -1.98. The van der Waals surface area contributed by atoms with E-state index in [1.165, 1.54) is 13.0 Å². The number of hydrogen-bond donors (Lipinski definition) is 2. The molecule has 4 nitrogen and oxygen atoms in total. The van der Waals surface area contributed by atoms with E-state index in [1.807, 2.05) is 0 Å². The molecule has 0 aliphatic carbocycles. The number of aromatic carboxylic acids is 1. The quantitative estimate of drug-likeness (QED) is 0.800. The Bertz CT molecular complexity index is 361. The van der Waals surface area contributed by atoms with Gasteiger partial charge in [0.1, 0.15) is 5.00 Å². The highest BCUT2D eigenvalue weighted by atomic mass is 35.5. The largest absolute Gasteiger partial charge is 0.478 e. The minimum Gasteiger partial charge on any atom is -0.478 e. The molecule has 1 rings (SSSR count). The first-order valence-electron chi connectivity index (χ1n) is 3.31. The molecule has 0 radical (unpaired) electrons. The molecule has 0 bridgehead atoms. The minimum absolute atomic E-state index is 0.0187. The molecule has 1 aromatic heterocycles. The molecule has 0 fully saturated rings. The Kier molecular flexibility index (Phi) is 2.90. The van der Waals surface area contributed by atoms with Crippen LogP contribution in [0.2, 0.25) is 4.34 Å². The zero-order chi connectivity index (χ0) is 10.0. The Morgan fingerprint density at radius 2 is 2.23 bits per heavy atom. The second-order valence-electron chi connectivity index (χ2n) is 2.28. The minimum atomic E-state index is -1.10. The fourth-order valence-electron chi connectivity index (χ4n) is 0.773. The molecule has 13 heavy (non-hydrogen) atoms. The van der Waals surface area contributed by atoms with Crippen molar-refractivity contribution in [1.82, 2.24) is 0 Å².